The quantitative estimate of drug-likeness (QED) is 0.848. The fourth-order valence-electron chi connectivity index (χ4n) is 3.15. The van der Waals surface area contributed by atoms with Crippen LogP contribution < -0.4 is 0 Å². The molecule has 0 bridgehead atoms. The molecule has 0 radical (unpaired) electrons. The zero-order valence-corrected chi connectivity index (χ0v) is 12.2. The predicted molar refractivity (Wildman–Crippen MR) is 73.6 cm³/mol. The Morgan fingerprint density at radius 3 is 2.80 bits per heavy atom. The van der Waals surface area contributed by atoms with Crippen molar-refractivity contribution in [3.63, 3.8) is 0 Å². The third-order valence-corrected chi connectivity index (χ3v) is 4.46. The van der Waals surface area contributed by atoms with Crippen LogP contribution in [0.25, 0.3) is 0 Å². The number of aromatic nitrogens is 2. The van der Waals surface area contributed by atoms with Crippen molar-refractivity contribution >= 4 is 0 Å². The molecule has 20 heavy (non-hydrogen) atoms. The normalized spacial score (nSPS) is 28.6. The molecule has 2 unspecified atom stereocenters. The summed E-state index contributed by atoms with van der Waals surface area (Å²) >= 11 is 0. The number of ether oxygens (including phenoxy) is 2. The molecule has 3 rings (SSSR count). The maximum absolute atomic E-state index is 5.71. The van der Waals surface area contributed by atoms with Gasteiger partial charge in [0.05, 0.1) is 6.10 Å². The van der Waals surface area contributed by atoms with Crippen LogP contribution in [0.1, 0.15) is 56.7 Å². The average molecular weight is 280 g/mol. The molecule has 2 fully saturated rings. The van der Waals surface area contributed by atoms with Gasteiger partial charge in [-0.05, 0) is 38.0 Å². The zero-order chi connectivity index (χ0) is 13.8. The van der Waals surface area contributed by atoms with Crippen molar-refractivity contribution < 1.29 is 14.0 Å². The molecule has 0 aliphatic carbocycles. The fraction of sp³-hybridized carbons (Fsp3) is 0.867. The van der Waals surface area contributed by atoms with E-state index in [1.54, 1.807) is 0 Å². The Labute approximate surface area is 120 Å². The van der Waals surface area contributed by atoms with Crippen molar-refractivity contribution in [3.05, 3.63) is 11.7 Å². The van der Waals surface area contributed by atoms with E-state index < -0.39 is 0 Å². The summed E-state index contributed by atoms with van der Waals surface area (Å²) in [4.78, 5) is 4.60. The van der Waals surface area contributed by atoms with E-state index in [4.69, 9.17) is 14.0 Å². The summed E-state index contributed by atoms with van der Waals surface area (Å²) < 4.78 is 16.5. The number of nitrogens with zero attached hydrogens (tertiary/aromatic N) is 2. The van der Waals surface area contributed by atoms with Crippen molar-refractivity contribution in [2.75, 3.05) is 19.8 Å². The van der Waals surface area contributed by atoms with Crippen LogP contribution in [-0.2, 0) is 15.9 Å². The molecular weight excluding hydrogens is 256 g/mol. The van der Waals surface area contributed by atoms with Crippen LogP contribution in [0.5, 0.6) is 0 Å². The lowest BCUT2D eigenvalue weighted by Gasteiger charge is -2.27. The SMILES string of the molecule is CCC1CC(Cc2nc(C3CCOCC3)no2)CCO1. The zero-order valence-electron chi connectivity index (χ0n) is 12.2. The van der Waals surface area contributed by atoms with Gasteiger partial charge in [-0.15, -0.1) is 0 Å². The van der Waals surface area contributed by atoms with Gasteiger partial charge in [0.15, 0.2) is 5.82 Å². The molecule has 2 atom stereocenters. The van der Waals surface area contributed by atoms with Crippen LogP contribution in [0, 0.1) is 5.92 Å². The second kappa shape index (κ2) is 6.68. The molecule has 5 nitrogen and oxygen atoms in total. The smallest absolute Gasteiger partial charge is 0.226 e. The first kappa shape index (κ1) is 14.0. The Kier molecular flexibility index (Phi) is 4.68. The van der Waals surface area contributed by atoms with Crippen LogP contribution in [-0.4, -0.2) is 36.1 Å². The molecule has 0 aromatic carbocycles. The highest BCUT2D eigenvalue weighted by molar-refractivity contribution is 4.97. The van der Waals surface area contributed by atoms with Crippen molar-refractivity contribution in [2.45, 2.75) is 57.5 Å². The summed E-state index contributed by atoms with van der Waals surface area (Å²) in [5, 5.41) is 4.17. The van der Waals surface area contributed by atoms with Crippen LogP contribution in [0.4, 0.5) is 0 Å². The van der Waals surface area contributed by atoms with Crippen molar-refractivity contribution in [1.82, 2.24) is 10.1 Å². The number of hydrogen-bond donors (Lipinski definition) is 0. The summed E-state index contributed by atoms with van der Waals surface area (Å²) in [5.41, 5.74) is 0. The summed E-state index contributed by atoms with van der Waals surface area (Å²) in [6, 6.07) is 0. The first-order valence-electron chi connectivity index (χ1n) is 7.87. The van der Waals surface area contributed by atoms with Crippen molar-refractivity contribution in [1.29, 1.82) is 0 Å². The third-order valence-electron chi connectivity index (χ3n) is 4.46. The summed E-state index contributed by atoms with van der Waals surface area (Å²) in [6.45, 7) is 4.67. The highest BCUT2D eigenvalue weighted by Gasteiger charge is 2.25. The van der Waals surface area contributed by atoms with E-state index in [9.17, 15) is 0 Å². The summed E-state index contributed by atoms with van der Waals surface area (Å²) in [6.07, 6.45) is 6.63. The Morgan fingerprint density at radius 2 is 2.00 bits per heavy atom. The molecule has 0 spiro atoms. The first-order chi connectivity index (χ1) is 9.85. The van der Waals surface area contributed by atoms with Gasteiger partial charge in [0.1, 0.15) is 0 Å². The number of hydrogen-bond acceptors (Lipinski definition) is 5. The minimum absolute atomic E-state index is 0.409. The average Bonchev–Trinajstić information content (AvgIpc) is 2.97. The van der Waals surface area contributed by atoms with E-state index in [0.717, 1.165) is 70.1 Å². The molecule has 3 heterocycles. The summed E-state index contributed by atoms with van der Waals surface area (Å²) in [7, 11) is 0. The second-order valence-electron chi connectivity index (χ2n) is 5.93. The van der Waals surface area contributed by atoms with Gasteiger partial charge in [0, 0.05) is 32.2 Å². The number of rotatable bonds is 4. The topological polar surface area (TPSA) is 57.4 Å². The third kappa shape index (κ3) is 3.38. The monoisotopic (exact) mass is 280 g/mol. The first-order valence-corrected chi connectivity index (χ1v) is 7.87. The minimum Gasteiger partial charge on any atom is -0.381 e. The Morgan fingerprint density at radius 1 is 1.15 bits per heavy atom. The van der Waals surface area contributed by atoms with Crippen LogP contribution >= 0.6 is 0 Å². The van der Waals surface area contributed by atoms with E-state index in [0.29, 0.717) is 17.9 Å². The Bertz CT molecular complexity index is 415. The molecule has 5 heteroatoms. The largest absolute Gasteiger partial charge is 0.381 e. The highest BCUT2D eigenvalue weighted by Crippen LogP contribution is 2.27. The predicted octanol–water partition coefficient (Wildman–Crippen LogP) is 2.71. The lowest BCUT2D eigenvalue weighted by molar-refractivity contribution is -0.0115. The van der Waals surface area contributed by atoms with Crippen LogP contribution in [0.2, 0.25) is 0 Å². The van der Waals surface area contributed by atoms with Crippen molar-refractivity contribution in [2.24, 2.45) is 5.92 Å². The highest BCUT2D eigenvalue weighted by atomic mass is 16.5. The molecule has 2 aliphatic rings. The Hall–Kier alpha value is -0.940. The maximum atomic E-state index is 5.71. The standard InChI is InChI=1S/C15H24N2O3/c1-2-13-9-11(3-8-19-13)10-14-16-15(17-20-14)12-4-6-18-7-5-12/h11-13H,2-10H2,1H3. The molecular formula is C15H24N2O3. The molecule has 2 saturated heterocycles. The lowest BCUT2D eigenvalue weighted by atomic mass is 9.91. The molecule has 0 amide bonds. The minimum atomic E-state index is 0.409. The van der Waals surface area contributed by atoms with Gasteiger partial charge in [0.25, 0.3) is 0 Å². The van der Waals surface area contributed by atoms with Gasteiger partial charge in [-0.25, -0.2) is 0 Å². The van der Waals surface area contributed by atoms with Crippen LogP contribution in [0.3, 0.4) is 0 Å². The maximum Gasteiger partial charge on any atom is 0.226 e. The van der Waals surface area contributed by atoms with Gasteiger partial charge in [-0.1, -0.05) is 12.1 Å². The molecule has 0 N–H and O–H groups in total. The van der Waals surface area contributed by atoms with E-state index in [1.807, 2.05) is 0 Å². The molecule has 1 aromatic rings. The lowest BCUT2D eigenvalue weighted by Crippen LogP contribution is -2.26. The molecule has 2 aliphatic heterocycles. The Balaban J connectivity index is 1.56. The second-order valence-corrected chi connectivity index (χ2v) is 5.93. The van der Waals surface area contributed by atoms with E-state index >= 15 is 0 Å². The van der Waals surface area contributed by atoms with Gasteiger partial charge in [-0.2, -0.15) is 4.98 Å². The van der Waals surface area contributed by atoms with Crippen LogP contribution in [0.15, 0.2) is 4.52 Å². The van der Waals surface area contributed by atoms with Gasteiger partial charge in [0.2, 0.25) is 5.89 Å². The van der Waals surface area contributed by atoms with Crippen molar-refractivity contribution in [3.8, 4) is 0 Å². The van der Waals surface area contributed by atoms with E-state index in [-0.39, 0.29) is 0 Å². The fourth-order valence-corrected chi connectivity index (χ4v) is 3.15. The van der Waals surface area contributed by atoms with Gasteiger partial charge < -0.3 is 14.0 Å². The van der Waals surface area contributed by atoms with E-state index in [1.165, 1.54) is 0 Å². The van der Waals surface area contributed by atoms with Gasteiger partial charge in [-0.3, -0.25) is 0 Å². The molecule has 1 aromatic heterocycles. The van der Waals surface area contributed by atoms with E-state index in [2.05, 4.69) is 17.1 Å². The summed E-state index contributed by atoms with van der Waals surface area (Å²) in [5.74, 6) is 2.71. The van der Waals surface area contributed by atoms with Gasteiger partial charge >= 0.3 is 0 Å². The molecule has 112 valence electrons. The molecule has 0 saturated carbocycles.